The van der Waals surface area contributed by atoms with Crippen LogP contribution in [0.5, 0.6) is 0 Å². The summed E-state index contributed by atoms with van der Waals surface area (Å²) in [6.45, 7) is 5.48. The Morgan fingerprint density at radius 3 is 2.03 bits per heavy atom. The van der Waals surface area contributed by atoms with Crippen molar-refractivity contribution in [2.45, 2.75) is 44.8 Å². The Morgan fingerprint density at radius 1 is 0.906 bits per heavy atom. The minimum absolute atomic E-state index is 0.162. The van der Waals surface area contributed by atoms with Crippen LogP contribution >= 0.6 is 0 Å². The van der Waals surface area contributed by atoms with Crippen molar-refractivity contribution in [2.24, 2.45) is 0 Å². The standard InChI is InChI=1S/C24H24N2O6/c1-23(2,3)31-22(30)25-15-9-14-24(25,16-10-5-4-6-11-16)21(29)32-26-19(27)17-12-7-8-13-18(17)20(26)28/h4-8,10-13H,9,14-15H2,1-3H3. The molecule has 1 unspecified atom stereocenters. The van der Waals surface area contributed by atoms with E-state index in [9.17, 15) is 19.2 Å². The summed E-state index contributed by atoms with van der Waals surface area (Å²) in [4.78, 5) is 58.9. The first-order chi connectivity index (χ1) is 15.1. The molecule has 4 rings (SSSR count). The molecule has 3 amide bonds. The Hall–Kier alpha value is -3.68. The van der Waals surface area contributed by atoms with Crippen LogP contribution in [0.25, 0.3) is 0 Å². The lowest BCUT2D eigenvalue weighted by Crippen LogP contribution is -2.54. The van der Waals surface area contributed by atoms with Crippen molar-refractivity contribution in [1.29, 1.82) is 0 Å². The molecule has 0 saturated carbocycles. The van der Waals surface area contributed by atoms with Crippen LogP contribution in [-0.4, -0.2) is 46.0 Å². The van der Waals surface area contributed by atoms with E-state index in [1.807, 2.05) is 0 Å². The SMILES string of the molecule is CC(C)(C)OC(=O)N1CCCC1(C(=O)ON1C(=O)c2ccccc2C1=O)c1ccccc1. The van der Waals surface area contributed by atoms with Gasteiger partial charge in [-0.15, -0.1) is 0 Å². The molecule has 1 fully saturated rings. The topological polar surface area (TPSA) is 93.2 Å². The summed E-state index contributed by atoms with van der Waals surface area (Å²) in [5.74, 6) is -2.32. The van der Waals surface area contributed by atoms with Gasteiger partial charge in [-0.2, -0.15) is 0 Å². The van der Waals surface area contributed by atoms with Crippen molar-refractivity contribution in [3.05, 3.63) is 71.3 Å². The van der Waals surface area contributed by atoms with Gasteiger partial charge in [-0.3, -0.25) is 14.5 Å². The summed E-state index contributed by atoms with van der Waals surface area (Å²) in [7, 11) is 0. The number of hydrogen-bond acceptors (Lipinski definition) is 6. The van der Waals surface area contributed by atoms with Crippen molar-refractivity contribution in [3.63, 3.8) is 0 Å². The van der Waals surface area contributed by atoms with E-state index in [1.165, 1.54) is 17.0 Å². The maximum Gasteiger partial charge on any atom is 0.411 e. The first kappa shape index (κ1) is 21.5. The van der Waals surface area contributed by atoms with Gasteiger partial charge in [0.25, 0.3) is 11.8 Å². The molecule has 1 atom stereocenters. The average molecular weight is 436 g/mol. The molecule has 1 saturated heterocycles. The van der Waals surface area contributed by atoms with Gasteiger partial charge in [0.05, 0.1) is 11.1 Å². The number of carbonyl (C=O) groups excluding carboxylic acids is 4. The van der Waals surface area contributed by atoms with Gasteiger partial charge in [-0.1, -0.05) is 47.5 Å². The second-order valence-electron chi connectivity index (χ2n) is 8.79. The highest BCUT2D eigenvalue weighted by atomic mass is 16.7. The van der Waals surface area contributed by atoms with Crippen molar-refractivity contribution in [2.75, 3.05) is 6.54 Å². The second-order valence-corrected chi connectivity index (χ2v) is 8.79. The van der Waals surface area contributed by atoms with Crippen LogP contribution in [0.15, 0.2) is 54.6 Å². The van der Waals surface area contributed by atoms with Gasteiger partial charge in [0, 0.05) is 6.54 Å². The van der Waals surface area contributed by atoms with E-state index >= 15 is 0 Å². The molecule has 2 aliphatic rings. The molecule has 0 spiro atoms. The summed E-state index contributed by atoms with van der Waals surface area (Å²) in [5.41, 5.74) is -1.46. The lowest BCUT2D eigenvalue weighted by molar-refractivity contribution is -0.182. The number of rotatable bonds is 3. The van der Waals surface area contributed by atoms with E-state index in [0.717, 1.165) is 0 Å². The van der Waals surface area contributed by atoms with Gasteiger partial charge >= 0.3 is 12.1 Å². The number of ether oxygens (including phenoxy) is 1. The van der Waals surface area contributed by atoms with E-state index in [0.29, 0.717) is 17.0 Å². The van der Waals surface area contributed by atoms with Crippen molar-refractivity contribution in [3.8, 4) is 0 Å². The number of nitrogens with zero attached hydrogens (tertiary/aromatic N) is 2. The molecular weight excluding hydrogens is 412 g/mol. The molecule has 8 nitrogen and oxygen atoms in total. The number of carbonyl (C=O) groups is 4. The molecule has 2 heterocycles. The number of fused-ring (bicyclic) bond motifs is 1. The zero-order valence-corrected chi connectivity index (χ0v) is 18.2. The van der Waals surface area contributed by atoms with E-state index in [2.05, 4.69) is 0 Å². The van der Waals surface area contributed by atoms with Crippen LogP contribution in [-0.2, 0) is 19.9 Å². The van der Waals surface area contributed by atoms with Crippen molar-refractivity contribution >= 4 is 23.9 Å². The number of imide groups is 1. The molecular formula is C24H24N2O6. The lowest BCUT2D eigenvalue weighted by atomic mass is 9.87. The Morgan fingerprint density at radius 2 is 1.47 bits per heavy atom. The van der Waals surface area contributed by atoms with E-state index in [4.69, 9.17) is 9.57 Å². The minimum Gasteiger partial charge on any atom is -0.444 e. The molecule has 0 N–H and O–H groups in total. The smallest absolute Gasteiger partial charge is 0.411 e. The first-order valence-electron chi connectivity index (χ1n) is 10.4. The molecule has 32 heavy (non-hydrogen) atoms. The third-order valence-electron chi connectivity index (χ3n) is 5.51. The summed E-state index contributed by atoms with van der Waals surface area (Å²) in [6, 6.07) is 15.0. The monoisotopic (exact) mass is 436 g/mol. The normalized spacial score (nSPS) is 20.3. The Bertz CT molecular complexity index is 1060. The third kappa shape index (κ3) is 3.51. The predicted octanol–water partition coefficient (Wildman–Crippen LogP) is 3.67. The highest BCUT2D eigenvalue weighted by Gasteiger charge is 2.55. The number of amides is 3. The average Bonchev–Trinajstić information content (AvgIpc) is 3.31. The summed E-state index contributed by atoms with van der Waals surface area (Å²) >= 11 is 0. The highest BCUT2D eigenvalue weighted by molar-refractivity contribution is 6.21. The molecule has 166 valence electrons. The minimum atomic E-state index is -1.53. The van der Waals surface area contributed by atoms with Crippen molar-refractivity contribution < 1.29 is 28.8 Å². The maximum absolute atomic E-state index is 13.6. The van der Waals surface area contributed by atoms with E-state index in [-0.39, 0.29) is 24.1 Å². The zero-order chi connectivity index (χ0) is 23.1. The molecule has 0 bridgehead atoms. The highest BCUT2D eigenvalue weighted by Crippen LogP contribution is 2.41. The van der Waals surface area contributed by atoms with Gasteiger partial charge < -0.3 is 9.57 Å². The molecule has 2 aliphatic heterocycles. The summed E-state index contributed by atoms with van der Waals surface area (Å²) in [5, 5.41) is 0.475. The second kappa shape index (κ2) is 7.78. The van der Waals surface area contributed by atoms with E-state index < -0.39 is 35.0 Å². The van der Waals surface area contributed by atoms with Crippen molar-refractivity contribution in [1.82, 2.24) is 9.96 Å². The maximum atomic E-state index is 13.6. The van der Waals surface area contributed by atoms with Crippen LogP contribution < -0.4 is 0 Å². The third-order valence-corrected chi connectivity index (χ3v) is 5.51. The van der Waals surface area contributed by atoms with Gasteiger partial charge in [-0.25, -0.2) is 9.59 Å². The number of hydrogen-bond donors (Lipinski definition) is 0. The quantitative estimate of drug-likeness (QED) is 0.682. The van der Waals surface area contributed by atoms with Gasteiger partial charge in [0.15, 0.2) is 5.54 Å². The van der Waals surface area contributed by atoms with Crippen LogP contribution in [0.2, 0.25) is 0 Å². The van der Waals surface area contributed by atoms with Crippen LogP contribution in [0, 0.1) is 0 Å². The number of hydroxylamine groups is 2. The largest absolute Gasteiger partial charge is 0.444 e. The van der Waals surface area contributed by atoms with Gasteiger partial charge in [0.2, 0.25) is 0 Å². The lowest BCUT2D eigenvalue weighted by Gasteiger charge is -2.37. The molecule has 2 aromatic carbocycles. The Labute approximate surface area is 185 Å². The first-order valence-corrected chi connectivity index (χ1v) is 10.4. The predicted molar refractivity (Wildman–Crippen MR) is 113 cm³/mol. The Balaban J connectivity index is 1.71. The number of benzene rings is 2. The molecule has 0 aromatic heterocycles. The molecule has 8 heteroatoms. The fourth-order valence-corrected chi connectivity index (χ4v) is 4.14. The van der Waals surface area contributed by atoms with E-state index in [1.54, 1.807) is 63.2 Å². The van der Waals surface area contributed by atoms with Crippen LogP contribution in [0.1, 0.15) is 59.9 Å². The Kier molecular flexibility index (Phi) is 5.24. The summed E-state index contributed by atoms with van der Waals surface area (Å²) < 4.78 is 5.54. The van der Waals surface area contributed by atoms with Crippen LogP contribution in [0.4, 0.5) is 4.79 Å². The fraction of sp³-hybridized carbons (Fsp3) is 0.333. The molecule has 0 aliphatic carbocycles. The fourth-order valence-electron chi connectivity index (χ4n) is 4.14. The van der Waals surface area contributed by atoms with Crippen LogP contribution in [0.3, 0.4) is 0 Å². The van der Waals surface area contributed by atoms with Gasteiger partial charge in [0.1, 0.15) is 5.60 Å². The zero-order valence-electron chi connectivity index (χ0n) is 18.2. The molecule has 0 radical (unpaired) electrons. The summed E-state index contributed by atoms with van der Waals surface area (Å²) in [6.07, 6.45) is 0.113. The molecule has 2 aromatic rings. The number of likely N-dealkylation sites (tertiary alicyclic amines) is 1. The van der Waals surface area contributed by atoms with Gasteiger partial charge in [-0.05, 0) is 51.3 Å².